The van der Waals surface area contributed by atoms with Crippen molar-refractivity contribution in [1.29, 1.82) is 0 Å². The van der Waals surface area contributed by atoms with Crippen LogP contribution in [0.5, 0.6) is 0 Å². The standard InChI is InChI=1S/C17H22N2O3/c1-11(2)17(22)19-8-12-7-18(10-16(20)21)9-14(12)13-5-3-4-6-15(13)19/h3-6,11-12,14H,7-10H2,1-2H3,(H,20,21)/t12-,14+/m0/s1. The largest absolute Gasteiger partial charge is 0.480 e. The second-order valence-electron chi connectivity index (χ2n) is 6.62. The van der Waals surface area contributed by atoms with Gasteiger partial charge in [-0.15, -0.1) is 0 Å². The number of benzene rings is 1. The van der Waals surface area contributed by atoms with E-state index in [0.29, 0.717) is 18.4 Å². The Kier molecular flexibility index (Phi) is 3.91. The summed E-state index contributed by atoms with van der Waals surface area (Å²) in [5, 5.41) is 9.01. The molecule has 0 aliphatic carbocycles. The highest BCUT2D eigenvalue weighted by Crippen LogP contribution is 2.43. The molecular formula is C17H22N2O3. The number of aliphatic carboxylic acids is 1. The highest BCUT2D eigenvalue weighted by atomic mass is 16.4. The summed E-state index contributed by atoms with van der Waals surface area (Å²) in [6.45, 7) is 6.11. The van der Waals surface area contributed by atoms with Gasteiger partial charge in [-0.05, 0) is 17.5 Å². The summed E-state index contributed by atoms with van der Waals surface area (Å²) in [5.74, 6) is -0.0468. The minimum atomic E-state index is -0.790. The quantitative estimate of drug-likeness (QED) is 0.925. The molecule has 1 saturated heterocycles. The van der Waals surface area contributed by atoms with Crippen LogP contribution in [0.15, 0.2) is 24.3 Å². The molecule has 0 spiro atoms. The van der Waals surface area contributed by atoms with Crippen molar-refractivity contribution in [2.75, 3.05) is 31.1 Å². The highest BCUT2D eigenvalue weighted by molar-refractivity contribution is 5.96. The number of carbonyl (C=O) groups excluding carboxylic acids is 1. The molecule has 1 N–H and O–H groups in total. The maximum atomic E-state index is 12.5. The molecule has 1 amide bonds. The van der Waals surface area contributed by atoms with Gasteiger partial charge in [0, 0.05) is 37.2 Å². The Hall–Kier alpha value is -1.88. The molecule has 2 atom stereocenters. The average molecular weight is 302 g/mol. The van der Waals surface area contributed by atoms with Crippen molar-refractivity contribution in [3.63, 3.8) is 0 Å². The number of hydrogen-bond donors (Lipinski definition) is 1. The Morgan fingerprint density at radius 2 is 1.95 bits per heavy atom. The predicted octanol–water partition coefficient (Wildman–Crippen LogP) is 1.79. The third-order valence-corrected chi connectivity index (χ3v) is 4.68. The van der Waals surface area contributed by atoms with Crippen LogP contribution in [0.2, 0.25) is 0 Å². The van der Waals surface area contributed by atoms with Gasteiger partial charge >= 0.3 is 5.97 Å². The molecule has 2 heterocycles. The van der Waals surface area contributed by atoms with Crippen LogP contribution in [0.1, 0.15) is 25.3 Å². The second-order valence-corrected chi connectivity index (χ2v) is 6.62. The number of carboxylic acids is 1. The van der Waals surface area contributed by atoms with E-state index in [2.05, 4.69) is 6.07 Å². The fraction of sp³-hybridized carbons (Fsp3) is 0.529. The highest BCUT2D eigenvalue weighted by Gasteiger charge is 2.42. The zero-order chi connectivity index (χ0) is 15.9. The van der Waals surface area contributed by atoms with Crippen LogP contribution in [0.25, 0.3) is 0 Å². The lowest BCUT2D eigenvalue weighted by molar-refractivity contribution is -0.138. The van der Waals surface area contributed by atoms with Crippen molar-refractivity contribution >= 4 is 17.6 Å². The summed E-state index contributed by atoms with van der Waals surface area (Å²) < 4.78 is 0. The van der Waals surface area contributed by atoms with Crippen molar-refractivity contribution in [2.24, 2.45) is 11.8 Å². The second kappa shape index (κ2) is 5.72. The molecule has 2 aliphatic rings. The van der Waals surface area contributed by atoms with E-state index in [1.54, 1.807) is 0 Å². The van der Waals surface area contributed by atoms with Crippen LogP contribution >= 0.6 is 0 Å². The molecule has 1 aromatic carbocycles. The van der Waals surface area contributed by atoms with Crippen LogP contribution < -0.4 is 4.90 Å². The fourth-order valence-electron chi connectivity index (χ4n) is 3.72. The third-order valence-electron chi connectivity index (χ3n) is 4.68. The van der Waals surface area contributed by atoms with Crippen LogP contribution in [-0.2, 0) is 9.59 Å². The number of hydrogen-bond acceptors (Lipinski definition) is 3. The lowest BCUT2D eigenvalue weighted by atomic mass is 9.83. The van der Waals surface area contributed by atoms with E-state index in [-0.39, 0.29) is 18.4 Å². The number of likely N-dealkylation sites (tertiary alicyclic amines) is 1. The first-order valence-corrected chi connectivity index (χ1v) is 7.82. The van der Waals surface area contributed by atoms with E-state index in [1.807, 2.05) is 41.8 Å². The summed E-state index contributed by atoms with van der Waals surface area (Å²) in [5.41, 5.74) is 2.18. The van der Waals surface area contributed by atoms with E-state index in [0.717, 1.165) is 18.8 Å². The fourth-order valence-corrected chi connectivity index (χ4v) is 3.72. The minimum absolute atomic E-state index is 0.0406. The van der Waals surface area contributed by atoms with Gasteiger partial charge in [0.15, 0.2) is 0 Å². The molecule has 22 heavy (non-hydrogen) atoms. The van der Waals surface area contributed by atoms with E-state index < -0.39 is 5.97 Å². The van der Waals surface area contributed by atoms with E-state index in [1.165, 1.54) is 5.56 Å². The molecule has 1 fully saturated rings. The van der Waals surface area contributed by atoms with Crippen LogP contribution in [0, 0.1) is 11.8 Å². The van der Waals surface area contributed by atoms with Gasteiger partial charge in [-0.3, -0.25) is 14.5 Å². The summed E-state index contributed by atoms with van der Waals surface area (Å²) >= 11 is 0. The Labute approximate surface area is 130 Å². The summed E-state index contributed by atoms with van der Waals surface area (Å²) in [4.78, 5) is 27.4. The SMILES string of the molecule is CC(C)C(=O)N1C[C@@H]2CN(CC(=O)O)C[C@H]2c2ccccc21. The van der Waals surface area contributed by atoms with E-state index in [9.17, 15) is 9.59 Å². The summed E-state index contributed by atoms with van der Waals surface area (Å²) in [6, 6.07) is 8.05. The molecule has 2 aliphatic heterocycles. The Morgan fingerprint density at radius 1 is 1.23 bits per heavy atom. The maximum absolute atomic E-state index is 12.5. The number of amides is 1. The molecule has 5 heteroatoms. The molecule has 118 valence electrons. The van der Waals surface area contributed by atoms with Gasteiger partial charge in [0.1, 0.15) is 0 Å². The average Bonchev–Trinajstić information content (AvgIpc) is 2.87. The summed E-state index contributed by atoms with van der Waals surface area (Å²) in [7, 11) is 0. The van der Waals surface area contributed by atoms with Crippen LogP contribution in [0.4, 0.5) is 5.69 Å². The first-order chi connectivity index (χ1) is 10.5. The lowest BCUT2D eigenvalue weighted by Crippen LogP contribution is -2.43. The normalized spacial score (nSPS) is 24.2. The van der Waals surface area contributed by atoms with Crippen molar-refractivity contribution in [3.8, 4) is 0 Å². The summed E-state index contributed by atoms with van der Waals surface area (Å²) in [6.07, 6.45) is 0. The zero-order valence-electron chi connectivity index (χ0n) is 13.0. The van der Waals surface area contributed by atoms with Crippen LogP contribution in [-0.4, -0.2) is 48.1 Å². The van der Waals surface area contributed by atoms with E-state index in [4.69, 9.17) is 5.11 Å². The number of rotatable bonds is 3. The molecule has 0 aromatic heterocycles. The topological polar surface area (TPSA) is 60.9 Å². The Morgan fingerprint density at radius 3 is 2.64 bits per heavy atom. The van der Waals surface area contributed by atoms with Gasteiger partial charge in [0.05, 0.1) is 6.54 Å². The van der Waals surface area contributed by atoms with Gasteiger partial charge in [-0.25, -0.2) is 0 Å². The van der Waals surface area contributed by atoms with Crippen molar-refractivity contribution in [3.05, 3.63) is 29.8 Å². The van der Waals surface area contributed by atoms with Gasteiger partial charge < -0.3 is 10.0 Å². The number of carboxylic acid groups (broad SMARTS) is 1. The van der Waals surface area contributed by atoms with Crippen LogP contribution in [0.3, 0.4) is 0 Å². The van der Waals surface area contributed by atoms with Gasteiger partial charge in [0.25, 0.3) is 0 Å². The van der Waals surface area contributed by atoms with Gasteiger partial charge in [-0.2, -0.15) is 0 Å². The number of para-hydroxylation sites is 1. The van der Waals surface area contributed by atoms with Crippen molar-refractivity contribution in [1.82, 2.24) is 4.90 Å². The third kappa shape index (κ3) is 2.61. The Bertz CT molecular complexity index is 599. The van der Waals surface area contributed by atoms with Crippen molar-refractivity contribution in [2.45, 2.75) is 19.8 Å². The molecule has 3 rings (SSSR count). The van der Waals surface area contributed by atoms with Crippen molar-refractivity contribution < 1.29 is 14.7 Å². The van der Waals surface area contributed by atoms with E-state index >= 15 is 0 Å². The van der Waals surface area contributed by atoms with Gasteiger partial charge in [0.2, 0.25) is 5.91 Å². The molecule has 0 bridgehead atoms. The number of carbonyl (C=O) groups is 2. The van der Waals surface area contributed by atoms with Gasteiger partial charge in [-0.1, -0.05) is 32.0 Å². The lowest BCUT2D eigenvalue weighted by Gasteiger charge is -2.37. The number of nitrogens with zero attached hydrogens (tertiary/aromatic N) is 2. The molecule has 5 nitrogen and oxygen atoms in total. The first-order valence-electron chi connectivity index (χ1n) is 7.82. The monoisotopic (exact) mass is 302 g/mol. The first kappa shape index (κ1) is 15.0. The molecule has 0 radical (unpaired) electrons. The molecule has 0 unspecified atom stereocenters. The zero-order valence-corrected chi connectivity index (χ0v) is 13.0. The molecule has 0 saturated carbocycles. The number of anilines is 1. The smallest absolute Gasteiger partial charge is 0.317 e. The number of fused-ring (bicyclic) bond motifs is 3. The minimum Gasteiger partial charge on any atom is -0.480 e. The Balaban J connectivity index is 1.91. The predicted molar refractivity (Wildman–Crippen MR) is 83.9 cm³/mol. The molecule has 1 aromatic rings. The maximum Gasteiger partial charge on any atom is 0.317 e. The molecular weight excluding hydrogens is 280 g/mol.